The minimum absolute atomic E-state index is 0.122. The van der Waals surface area contributed by atoms with Crippen molar-refractivity contribution in [1.82, 2.24) is 4.90 Å². The van der Waals surface area contributed by atoms with Crippen LogP contribution in [-0.4, -0.2) is 40.8 Å². The van der Waals surface area contributed by atoms with Gasteiger partial charge in [0.2, 0.25) is 11.8 Å². The molecule has 1 saturated heterocycles. The number of rotatable bonds is 5. The number of carbonyl (C=O) groups is 2. The Morgan fingerprint density at radius 3 is 2.33 bits per heavy atom. The fraction of sp³-hybridized carbons (Fsp3) is 0.556. The molecule has 24 heavy (non-hydrogen) atoms. The van der Waals surface area contributed by atoms with Gasteiger partial charge in [-0.25, -0.2) is 4.39 Å². The largest absolute Gasteiger partial charge is 0.342 e. The third kappa shape index (κ3) is 6.15. The zero-order chi connectivity index (χ0) is 17.4. The number of carbonyl (C=O) groups excluding carboxylic acids is 2. The Morgan fingerprint density at radius 1 is 1.12 bits per heavy atom. The molecule has 2 rings (SSSR count). The fourth-order valence-electron chi connectivity index (χ4n) is 2.73. The van der Waals surface area contributed by atoms with Crippen LogP contribution < -0.4 is 5.32 Å². The lowest BCUT2D eigenvalue weighted by Gasteiger charge is -2.27. The molecule has 0 bridgehead atoms. The summed E-state index contributed by atoms with van der Waals surface area (Å²) in [6.07, 6.45) is 5.76. The van der Waals surface area contributed by atoms with Crippen LogP contribution in [0, 0.1) is 5.82 Å². The lowest BCUT2D eigenvalue weighted by Crippen LogP contribution is -2.39. The van der Waals surface area contributed by atoms with Crippen LogP contribution >= 0.6 is 11.8 Å². The van der Waals surface area contributed by atoms with E-state index in [2.05, 4.69) is 5.32 Å². The van der Waals surface area contributed by atoms with Crippen LogP contribution in [-0.2, 0) is 9.59 Å². The summed E-state index contributed by atoms with van der Waals surface area (Å²) in [5.74, 6) is -0.191. The number of hydrogen-bond acceptors (Lipinski definition) is 3. The van der Waals surface area contributed by atoms with E-state index < -0.39 is 0 Å². The highest BCUT2D eigenvalue weighted by Crippen LogP contribution is 2.18. The average molecular weight is 352 g/mol. The van der Waals surface area contributed by atoms with Crippen molar-refractivity contribution in [3.8, 4) is 0 Å². The van der Waals surface area contributed by atoms with Crippen molar-refractivity contribution in [2.75, 3.05) is 24.2 Å². The number of hydrogen-bond donors (Lipinski definition) is 1. The number of anilines is 1. The summed E-state index contributed by atoms with van der Waals surface area (Å²) in [5, 5.41) is 2.48. The van der Waals surface area contributed by atoms with Crippen LogP contribution in [0.25, 0.3) is 0 Å². The summed E-state index contributed by atoms with van der Waals surface area (Å²) in [5.41, 5.74) is 0.560. The molecule has 0 spiro atoms. The fourth-order valence-corrected chi connectivity index (χ4v) is 3.49. The summed E-state index contributed by atoms with van der Waals surface area (Å²) >= 11 is 1.34. The maximum atomic E-state index is 12.8. The van der Waals surface area contributed by atoms with Gasteiger partial charge in [0.25, 0.3) is 0 Å². The Labute approximate surface area is 147 Å². The summed E-state index contributed by atoms with van der Waals surface area (Å²) < 4.78 is 12.8. The van der Waals surface area contributed by atoms with Crippen molar-refractivity contribution >= 4 is 29.3 Å². The molecule has 132 valence electrons. The molecular weight excluding hydrogens is 327 g/mol. The molecule has 2 amide bonds. The van der Waals surface area contributed by atoms with Gasteiger partial charge in [-0.15, -0.1) is 11.8 Å². The van der Waals surface area contributed by atoms with E-state index in [0.717, 1.165) is 25.9 Å². The van der Waals surface area contributed by atoms with Crippen LogP contribution in [0.2, 0.25) is 0 Å². The SMILES string of the molecule is CC(SCC(=O)Nc1ccc(F)cc1)C(=O)N1CCCCCCC1. The second-order valence-electron chi connectivity index (χ2n) is 6.10. The first-order valence-electron chi connectivity index (χ1n) is 8.52. The highest BCUT2D eigenvalue weighted by molar-refractivity contribution is 8.01. The number of thioether (sulfide) groups is 1. The predicted octanol–water partition coefficient (Wildman–Crippen LogP) is 3.68. The molecular formula is C18H25FN2O2S. The van der Waals surface area contributed by atoms with E-state index in [1.54, 1.807) is 0 Å². The predicted molar refractivity (Wildman–Crippen MR) is 96.6 cm³/mol. The number of nitrogens with zero attached hydrogens (tertiary/aromatic N) is 1. The van der Waals surface area contributed by atoms with Gasteiger partial charge in [-0.3, -0.25) is 9.59 Å². The number of amides is 2. The molecule has 0 saturated carbocycles. The van der Waals surface area contributed by atoms with E-state index in [0.29, 0.717) is 5.69 Å². The first kappa shape index (κ1) is 18.8. The second kappa shape index (κ2) is 9.67. The highest BCUT2D eigenvalue weighted by Gasteiger charge is 2.22. The highest BCUT2D eigenvalue weighted by atomic mass is 32.2. The van der Waals surface area contributed by atoms with Gasteiger partial charge in [0.15, 0.2) is 0 Å². The molecule has 0 aromatic heterocycles. The lowest BCUT2D eigenvalue weighted by molar-refractivity contribution is -0.130. The molecule has 1 fully saturated rings. The first-order chi connectivity index (χ1) is 11.6. The van der Waals surface area contributed by atoms with Gasteiger partial charge in [-0.2, -0.15) is 0 Å². The zero-order valence-corrected chi connectivity index (χ0v) is 14.9. The molecule has 0 radical (unpaired) electrons. The van der Waals surface area contributed by atoms with Gasteiger partial charge < -0.3 is 10.2 Å². The van der Waals surface area contributed by atoms with Gasteiger partial charge in [-0.05, 0) is 44.0 Å². The first-order valence-corrected chi connectivity index (χ1v) is 9.57. The van der Waals surface area contributed by atoms with Crippen molar-refractivity contribution in [1.29, 1.82) is 0 Å². The van der Waals surface area contributed by atoms with E-state index in [9.17, 15) is 14.0 Å². The third-order valence-corrected chi connectivity index (χ3v) is 5.24. The number of likely N-dealkylation sites (tertiary alicyclic amines) is 1. The van der Waals surface area contributed by atoms with Gasteiger partial charge in [0.05, 0.1) is 11.0 Å². The molecule has 1 N–H and O–H groups in total. The molecule has 1 aliphatic heterocycles. The minimum Gasteiger partial charge on any atom is -0.342 e. The number of benzene rings is 1. The Balaban J connectivity index is 1.76. The maximum absolute atomic E-state index is 12.8. The molecule has 1 aromatic carbocycles. The van der Waals surface area contributed by atoms with E-state index >= 15 is 0 Å². The Bertz CT molecular complexity index is 542. The molecule has 1 aromatic rings. The van der Waals surface area contributed by atoms with Gasteiger partial charge in [-0.1, -0.05) is 19.3 Å². The minimum atomic E-state index is -0.338. The van der Waals surface area contributed by atoms with Crippen LogP contribution in [0.15, 0.2) is 24.3 Å². The molecule has 1 unspecified atom stereocenters. The van der Waals surface area contributed by atoms with Crippen molar-refractivity contribution in [2.24, 2.45) is 0 Å². The van der Waals surface area contributed by atoms with Crippen molar-refractivity contribution < 1.29 is 14.0 Å². The molecule has 1 atom stereocenters. The van der Waals surface area contributed by atoms with Gasteiger partial charge in [0.1, 0.15) is 5.82 Å². The lowest BCUT2D eigenvalue weighted by atomic mass is 10.1. The van der Waals surface area contributed by atoms with Crippen molar-refractivity contribution in [3.05, 3.63) is 30.1 Å². The quantitative estimate of drug-likeness (QED) is 0.879. The van der Waals surface area contributed by atoms with E-state index in [1.807, 2.05) is 11.8 Å². The van der Waals surface area contributed by atoms with Crippen LogP contribution in [0.1, 0.15) is 39.0 Å². The third-order valence-electron chi connectivity index (χ3n) is 4.11. The Morgan fingerprint density at radius 2 is 1.71 bits per heavy atom. The molecule has 4 nitrogen and oxygen atoms in total. The topological polar surface area (TPSA) is 49.4 Å². The summed E-state index contributed by atoms with van der Waals surface area (Å²) in [6, 6.07) is 5.65. The second-order valence-corrected chi connectivity index (χ2v) is 7.43. The number of nitrogens with one attached hydrogen (secondary N) is 1. The molecule has 1 heterocycles. The standard InChI is InChI=1S/C18H25FN2O2S/c1-14(18(23)21-11-5-3-2-4-6-12-21)24-13-17(22)20-16-9-7-15(19)8-10-16/h7-10,14H,2-6,11-13H2,1H3,(H,20,22). The van der Waals surface area contributed by atoms with E-state index in [1.165, 1.54) is 55.3 Å². The molecule has 0 aliphatic carbocycles. The smallest absolute Gasteiger partial charge is 0.235 e. The van der Waals surface area contributed by atoms with Gasteiger partial charge >= 0.3 is 0 Å². The summed E-state index contributed by atoms with van der Waals surface area (Å²) in [7, 11) is 0. The van der Waals surface area contributed by atoms with Crippen molar-refractivity contribution in [2.45, 2.75) is 44.3 Å². The summed E-state index contributed by atoms with van der Waals surface area (Å²) in [6.45, 7) is 3.51. The average Bonchev–Trinajstić information content (AvgIpc) is 2.54. The van der Waals surface area contributed by atoms with Crippen molar-refractivity contribution in [3.63, 3.8) is 0 Å². The van der Waals surface area contributed by atoms with E-state index in [-0.39, 0.29) is 28.6 Å². The maximum Gasteiger partial charge on any atom is 0.235 e. The number of halogens is 1. The van der Waals surface area contributed by atoms with Crippen LogP contribution in [0.4, 0.5) is 10.1 Å². The van der Waals surface area contributed by atoms with Gasteiger partial charge in [0, 0.05) is 18.8 Å². The van der Waals surface area contributed by atoms with Crippen LogP contribution in [0.3, 0.4) is 0 Å². The molecule has 1 aliphatic rings. The zero-order valence-electron chi connectivity index (χ0n) is 14.1. The Kier molecular flexibility index (Phi) is 7.56. The molecule has 6 heteroatoms. The monoisotopic (exact) mass is 352 g/mol. The Hall–Kier alpha value is -1.56. The van der Waals surface area contributed by atoms with Crippen LogP contribution in [0.5, 0.6) is 0 Å². The summed E-state index contributed by atoms with van der Waals surface area (Å²) in [4.78, 5) is 26.4. The normalized spacial score (nSPS) is 16.8. The van der Waals surface area contributed by atoms with E-state index in [4.69, 9.17) is 0 Å².